The van der Waals surface area contributed by atoms with Gasteiger partial charge in [-0.25, -0.2) is 0 Å². The maximum atomic E-state index is 11.2. The molecule has 96 valence electrons. The minimum absolute atomic E-state index is 0.0582. The first-order valence-electron chi connectivity index (χ1n) is 5.62. The molecule has 18 heavy (non-hydrogen) atoms. The van der Waals surface area contributed by atoms with Gasteiger partial charge in [-0.1, -0.05) is 11.6 Å². The summed E-state index contributed by atoms with van der Waals surface area (Å²) in [6, 6.07) is 5.70. The molecule has 0 radical (unpaired) electrons. The van der Waals surface area contributed by atoms with Crippen molar-refractivity contribution in [3.63, 3.8) is 0 Å². The van der Waals surface area contributed by atoms with Gasteiger partial charge < -0.3 is 0 Å². The van der Waals surface area contributed by atoms with Gasteiger partial charge >= 0.3 is 0 Å². The molecule has 0 fully saturated rings. The minimum atomic E-state index is -0.0582. The zero-order chi connectivity index (χ0) is 13.3. The van der Waals surface area contributed by atoms with E-state index in [1.165, 1.54) is 4.90 Å². The molecule has 0 amide bonds. The van der Waals surface area contributed by atoms with Crippen molar-refractivity contribution in [1.29, 1.82) is 0 Å². The number of nitrogens with zero attached hydrogens (tertiary/aromatic N) is 1. The van der Waals surface area contributed by atoms with Crippen LogP contribution in [0.4, 0.5) is 0 Å². The number of nitrogens with one attached hydrogen (secondary N) is 1. The third-order valence-corrected chi connectivity index (χ3v) is 4.44. The molecule has 0 aliphatic heterocycles. The molecule has 1 aromatic heterocycles. The van der Waals surface area contributed by atoms with Crippen molar-refractivity contribution >= 4 is 23.4 Å². The summed E-state index contributed by atoms with van der Waals surface area (Å²) in [5, 5.41) is 3.50. The van der Waals surface area contributed by atoms with Crippen molar-refractivity contribution in [2.45, 2.75) is 24.5 Å². The number of hydrogen-bond acceptors (Lipinski definition) is 2. The lowest BCUT2D eigenvalue weighted by molar-refractivity contribution is 0.727. The summed E-state index contributed by atoms with van der Waals surface area (Å²) >= 11 is 7.78. The van der Waals surface area contributed by atoms with E-state index in [1.807, 2.05) is 27.0 Å². The lowest BCUT2D eigenvalue weighted by Gasteiger charge is -2.08. The summed E-state index contributed by atoms with van der Waals surface area (Å²) < 4.78 is 1.76. The number of thioether (sulfide) groups is 1. The van der Waals surface area contributed by atoms with Crippen LogP contribution in [0.3, 0.4) is 0 Å². The van der Waals surface area contributed by atoms with Crippen molar-refractivity contribution in [2.24, 2.45) is 7.05 Å². The highest BCUT2D eigenvalue weighted by Gasteiger charge is 2.06. The second-order valence-corrected chi connectivity index (χ2v) is 5.75. The van der Waals surface area contributed by atoms with Gasteiger partial charge in [0.15, 0.2) is 0 Å². The quantitative estimate of drug-likeness (QED) is 0.878. The van der Waals surface area contributed by atoms with E-state index < -0.39 is 0 Å². The summed E-state index contributed by atoms with van der Waals surface area (Å²) in [5.74, 6) is 0.761. The molecule has 1 aromatic carbocycles. The predicted octanol–water partition coefficient (Wildman–Crippen LogP) is 3.28. The van der Waals surface area contributed by atoms with Crippen molar-refractivity contribution in [3.05, 3.63) is 50.4 Å². The van der Waals surface area contributed by atoms with Crippen LogP contribution in [0.2, 0.25) is 5.02 Å². The van der Waals surface area contributed by atoms with Gasteiger partial charge in [-0.15, -0.1) is 11.8 Å². The van der Waals surface area contributed by atoms with Crippen LogP contribution in [0.25, 0.3) is 0 Å². The molecular formula is C13H15ClN2OS. The number of aryl methyl sites for hydroxylation is 3. The SMILES string of the molecule is Cc1cc(SCc2cc(=O)[nH]n2C)c(C)cc1Cl. The van der Waals surface area contributed by atoms with Gasteiger partial charge in [-0.3, -0.25) is 14.6 Å². The Balaban J connectivity index is 2.18. The van der Waals surface area contributed by atoms with Crippen molar-refractivity contribution in [3.8, 4) is 0 Å². The first-order chi connectivity index (χ1) is 8.47. The average molecular weight is 283 g/mol. The Morgan fingerprint density at radius 2 is 2.00 bits per heavy atom. The number of aromatic nitrogens is 2. The standard InChI is InChI=1S/C13H15ClN2OS/c1-8-5-12(9(2)4-11(8)14)18-7-10-6-13(17)15-16(10)3/h4-6H,7H2,1-3H3,(H,15,17). The maximum absolute atomic E-state index is 11.2. The summed E-state index contributed by atoms with van der Waals surface area (Å²) in [4.78, 5) is 12.4. The van der Waals surface area contributed by atoms with E-state index in [0.717, 1.165) is 27.6 Å². The second-order valence-electron chi connectivity index (χ2n) is 4.33. The predicted molar refractivity (Wildman–Crippen MR) is 76.5 cm³/mol. The highest BCUT2D eigenvalue weighted by atomic mass is 35.5. The Bertz CT molecular complexity index is 630. The fourth-order valence-electron chi connectivity index (χ4n) is 1.72. The zero-order valence-electron chi connectivity index (χ0n) is 10.6. The molecular weight excluding hydrogens is 268 g/mol. The fourth-order valence-corrected chi connectivity index (χ4v) is 3.06. The molecule has 0 saturated carbocycles. The highest BCUT2D eigenvalue weighted by molar-refractivity contribution is 7.98. The summed E-state index contributed by atoms with van der Waals surface area (Å²) in [6.45, 7) is 4.04. The van der Waals surface area contributed by atoms with Crippen LogP contribution in [0.5, 0.6) is 0 Å². The molecule has 0 unspecified atom stereocenters. The molecule has 1 heterocycles. The number of halogens is 1. The molecule has 5 heteroatoms. The van der Waals surface area contributed by atoms with Gasteiger partial charge in [0.1, 0.15) is 0 Å². The van der Waals surface area contributed by atoms with Crippen molar-refractivity contribution < 1.29 is 0 Å². The molecule has 2 aromatic rings. The molecule has 2 rings (SSSR count). The van der Waals surface area contributed by atoms with Crippen LogP contribution in [-0.2, 0) is 12.8 Å². The summed E-state index contributed by atoms with van der Waals surface area (Å²) in [5.41, 5.74) is 3.16. The smallest absolute Gasteiger partial charge is 0.264 e. The average Bonchev–Trinajstić information content (AvgIpc) is 2.61. The maximum Gasteiger partial charge on any atom is 0.264 e. The van der Waals surface area contributed by atoms with E-state index in [1.54, 1.807) is 22.5 Å². The highest BCUT2D eigenvalue weighted by Crippen LogP contribution is 2.29. The van der Waals surface area contributed by atoms with E-state index >= 15 is 0 Å². The summed E-state index contributed by atoms with van der Waals surface area (Å²) in [7, 11) is 1.84. The molecule has 0 aliphatic carbocycles. The normalized spacial score (nSPS) is 10.9. The van der Waals surface area contributed by atoms with Gasteiger partial charge in [0.25, 0.3) is 5.56 Å². The largest absolute Gasteiger partial charge is 0.291 e. The Labute approximate surface area is 115 Å². The number of H-pyrrole nitrogens is 1. The molecule has 0 bridgehead atoms. The minimum Gasteiger partial charge on any atom is -0.291 e. The van der Waals surface area contributed by atoms with Crippen LogP contribution >= 0.6 is 23.4 Å². The van der Waals surface area contributed by atoms with E-state index in [9.17, 15) is 4.79 Å². The van der Waals surface area contributed by atoms with E-state index in [4.69, 9.17) is 11.6 Å². The van der Waals surface area contributed by atoms with Gasteiger partial charge in [0, 0.05) is 28.8 Å². The Morgan fingerprint density at radius 1 is 1.28 bits per heavy atom. The Hall–Kier alpha value is -1.13. The van der Waals surface area contributed by atoms with Crippen LogP contribution in [0, 0.1) is 13.8 Å². The number of hydrogen-bond donors (Lipinski definition) is 1. The van der Waals surface area contributed by atoms with E-state index in [0.29, 0.717) is 0 Å². The number of rotatable bonds is 3. The number of aromatic amines is 1. The van der Waals surface area contributed by atoms with Crippen molar-refractivity contribution in [1.82, 2.24) is 9.78 Å². The summed E-state index contributed by atoms with van der Waals surface area (Å²) in [6.07, 6.45) is 0. The van der Waals surface area contributed by atoms with E-state index in [2.05, 4.69) is 11.2 Å². The first-order valence-corrected chi connectivity index (χ1v) is 6.98. The third-order valence-electron chi connectivity index (χ3n) is 2.84. The van der Waals surface area contributed by atoms with Crippen LogP contribution < -0.4 is 5.56 Å². The van der Waals surface area contributed by atoms with Gasteiger partial charge in [0.2, 0.25) is 0 Å². The molecule has 0 spiro atoms. The fraction of sp³-hybridized carbons (Fsp3) is 0.308. The second kappa shape index (κ2) is 5.24. The topological polar surface area (TPSA) is 37.8 Å². The van der Waals surface area contributed by atoms with Crippen LogP contribution in [-0.4, -0.2) is 9.78 Å². The molecule has 3 nitrogen and oxygen atoms in total. The lowest BCUT2D eigenvalue weighted by Crippen LogP contribution is -2.01. The Kier molecular flexibility index (Phi) is 3.88. The molecule has 0 aliphatic rings. The van der Waals surface area contributed by atoms with Crippen LogP contribution in [0.15, 0.2) is 27.9 Å². The number of benzene rings is 1. The third kappa shape index (κ3) is 2.82. The first kappa shape index (κ1) is 13.3. The lowest BCUT2D eigenvalue weighted by atomic mass is 10.2. The van der Waals surface area contributed by atoms with Crippen LogP contribution in [0.1, 0.15) is 16.8 Å². The monoisotopic (exact) mass is 282 g/mol. The Morgan fingerprint density at radius 3 is 2.61 bits per heavy atom. The molecule has 1 N–H and O–H groups in total. The molecule has 0 atom stereocenters. The van der Waals surface area contributed by atoms with E-state index in [-0.39, 0.29) is 5.56 Å². The van der Waals surface area contributed by atoms with Gasteiger partial charge in [-0.2, -0.15) is 0 Å². The van der Waals surface area contributed by atoms with Gasteiger partial charge in [-0.05, 0) is 37.1 Å². The van der Waals surface area contributed by atoms with Gasteiger partial charge in [0.05, 0.1) is 5.69 Å². The van der Waals surface area contributed by atoms with Crippen molar-refractivity contribution in [2.75, 3.05) is 0 Å². The zero-order valence-corrected chi connectivity index (χ0v) is 12.2. The molecule has 0 saturated heterocycles.